The molecule has 1 amide bonds. The van der Waals surface area contributed by atoms with Gasteiger partial charge in [-0.25, -0.2) is 9.18 Å². The van der Waals surface area contributed by atoms with Crippen molar-refractivity contribution in [3.63, 3.8) is 0 Å². The van der Waals surface area contributed by atoms with E-state index in [1.54, 1.807) is 23.6 Å². The van der Waals surface area contributed by atoms with Gasteiger partial charge in [-0.15, -0.1) is 11.3 Å². The van der Waals surface area contributed by atoms with E-state index >= 15 is 0 Å². The van der Waals surface area contributed by atoms with Gasteiger partial charge in [0.1, 0.15) is 16.2 Å². The first-order chi connectivity index (χ1) is 10.5. The number of carboxylic acid groups (broad SMARTS) is 1. The summed E-state index contributed by atoms with van der Waals surface area (Å²) < 4.78 is 14.2. The van der Waals surface area contributed by atoms with Crippen molar-refractivity contribution in [1.29, 1.82) is 0 Å². The molecule has 22 heavy (non-hydrogen) atoms. The summed E-state index contributed by atoms with van der Waals surface area (Å²) in [6.07, 6.45) is -0.0508. The number of halogens is 2. The van der Waals surface area contributed by atoms with E-state index in [0.29, 0.717) is 15.5 Å². The zero-order valence-electron chi connectivity index (χ0n) is 11.3. The lowest BCUT2D eigenvalue weighted by Gasteiger charge is -2.34. The molecule has 0 saturated carbocycles. The van der Waals surface area contributed by atoms with E-state index in [9.17, 15) is 19.1 Å². The SMILES string of the molecule is O=C(O)C1Cc2c(F)cccc2CN1C(=O)c1ccsc1Cl. The van der Waals surface area contributed by atoms with Crippen molar-refractivity contribution in [3.05, 3.63) is 56.5 Å². The third-order valence-electron chi connectivity index (χ3n) is 3.72. The Hall–Kier alpha value is -1.92. The van der Waals surface area contributed by atoms with Crippen LogP contribution in [0, 0.1) is 5.82 Å². The van der Waals surface area contributed by atoms with Gasteiger partial charge in [-0.2, -0.15) is 0 Å². The van der Waals surface area contributed by atoms with E-state index in [1.807, 2.05) is 0 Å². The number of rotatable bonds is 2. The average Bonchev–Trinajstić information content (AvgIpc) is 2.91. The maximum Gasteiger partial charge on any atom is 0.326 e. The molecule has 0 aliphatic carbocycles. The zero-order valence-corrected chi connectivity index (χ0v) is 12.8. The van der Waals surface area contributed by atoms with Crippen LogP contribution in [0.25, 0.3) is 0 Å². The first-order valence-corrected chi connectivity index (χ1v) is 7.78. The van der Waals surface area contributed by atoms with Crippen LogP contribution in [0.3, 0.4) is 0 Å². The number of carbonyl (C=O) groups is 2. The molecule has 1 aliphatic heterocycles. The molecule has 2 heterocycles. The predicted octanol–water partition coefficient (Wildman–Crippen LogP) is 3.19. The number of thiophene rings is 1. The largest absolute Gasteiger partial charge is 0.480 e. The monoisotopic (exact) mass is 339 g/mol. The molecular formula is C15H11ClFNO3S. The van der Waals surface area contributed by atoms with Crippen molar-refractivity contribution in [2.75, 3.05) is 0 Å². The van der Waals surface area contributed by atoms with Crippen LogP contribution in [-0.4, -0.2) is 27.9 Å². The molecule has 4 nitrogen and oxygen atoms in total. The van der Waals surface area contributed by atoms with Gasteiger partial charge in [-0.3, -0.25) is 4.79 Å². The van der Waals surface area contributed by atoms with Crippen molar-refractivity contribution < 1.29 is 19.1 Å². The minimum Gasteiger partial charge on any atom is -0.480 e. The van der Waals surface area contributed by atoms with E-state index in [1.165, 1.54) is 22.3 Å². The smallest absolute Gasteiger partial charge is 0.326 e. The molecule has 0 fully saturated rings. The van der Waals surface area contributed by atoms with E-state index in [2.05, 4.69) is 0 Å². The fourth-order valence-corrected chi connectivity index (χ4v) is 3.52. The number of hydrogen-bond donors (Lipinski definition) is 1. The first kappa shape index (κ1) is 15.0. The minimum atomic E-state index is -1.16. The van der Waals surface area contributed by atoms with Crippen LogP contribution in [0.4, 0.5) is 4.39 Å². The van der Waals surface area contributed by atoms with Crippen LogP contribution >= 0.6 is 22.9 Å². The van der Waals surface area contributed by atoms with Crippen LogP contribution in [0.1, 0.15) is 21.5 Å². The Morgan fingerprint density at radius 3 is 2.77 bits per heavy atom. The molecule has 0 bridgehead atoms. The van der Waals surface area contributed by atoms with Crippen molar-refractivity contribution in [2.45, 2.75) is 19.0 Å². The summed E-state index contributed by atoms with van der Waals surface area (Å²) in [6, 6.07) is 5.01. The van der Waals surface area contributed by atoms with Gasteiger partial charge in [-0.05, 0) is 28.6 Å². The summed E-state index contributed by atoms with van der Waals surface area (Å²) in [6.45, 7) is 0.0507. The van der Waals surface area contributed by atoms with Gasteiger partial charge in [0.05, 0.1) is 5.56 Å². The Morgan fingerprint density at radius 2 is 2.14 bits per heavy atom. The lowest BCUT2D eigenvalue weighted by atomic mass is 9.93. The molecule has 1 aromatic heterocycles. The zero-order chi connectivity index (χ0) is 15.9. The highest BCUT2D eigenvalue weighted by Crippen LogP contribution is 2.30. The van der Waals surface area contributed by atoms with E-state index in [0.717, 1.165) is 0 Å². The van der Waals surface area contributed by atoms with Gasteiger partial charge >= 0.3 is 5.97 Å². The maximum atomic E-state index is 13.9. The molecule has 3 rings (SSSR count). The lowest BCUT2D eigenvalue weighted by Crippen LogP contribution is -2.48. The van der Waals surface area contributed by atoms with Gasteiger partial charge in [0.15, 0.2) is 0 Å². The molecule has 7 heteroatoms. The third kappa shape index (κ3) is 2.48. The van der Waals surface area contributed by atoms with Gasteiger partial charge in [0.2, 0.25) is 0 Å². The highest BCUT2D eigenvalue weighted by atomic mass is 35.5. The number of amides is 1. The Labute approximate surface area is 134 Å². The van der Waals surface area contributed by atoms with Gasteiger partial charge in [-0.1, -0.05) is 23.7 Å². The molecule has 0 spiro atoms. The summed E-state index contributed by atoms with van der Waals surface area (Å²) in [5.74, 6) is -2.05. The number of nitrogens with zero attached hydrogens (tertiary/aromatic N) is 1. The second-order valence-electron chi connectivity index (χ2n) is 4.98. The van der Waals surface area contributed by atoms with Gasteiger partial charge in [0, 0.05) is 13.0 Å². The number of carboxylic acids is 1. The predicted molar refractivity (Wildman–Crippen MR) is 80.7 cm³/mol. The fourth-order valence-electron chi connectivity index (χ4n) is 2.61. The summed E-state index contributed by atoms with van der Waals surface area (Å²) in [5, 5.41) is 11.1. The highest BCUT2D eigenvalue weighted by molar-refractivity contribution is 7.14. The number of carbonyl (C=O) groups excluding carboxylic acids is 1. The number of benzene rings is 1. The Bertz CT molecular complexity index is 761. The number of hydrogen-bond acceptors (Lipinski definition) is 3. The topological polar surface area (TPSA) is 57.6 Å². The van der Waals surface area contributed by atoms with E-state index in [4.69, 9.17) is 11.6 Å². The van der Waals surface area contributed by atoms with Crippen molar-refractivity contribution in [2.24, 2.45) is 0 Å². The first-order valence-electron chi connectivity index (χ1n) is 6.52. The number of aliphatic carboxylic acids is 1. The second-order valence-corrected chi connectivity index (χ2v) is 6.49. The fraction of sp³-hybridized carbons (Fsp3) is 0.200. The van der Waals surface area contributed by atoms with E-state index in [-0.39, 0.29) is 18.5 Å². The summed E-state index contributed by atoms with van der Waals surface area (Å²) in [5.41, 5.74) is 1.25. The quantitative estimate of drug-likeness (QED) is 0.914. The van der Waals surface area contributed by atoms with Crippen LogP contribution in [0.2, 0.25) is 4.34 Å². The van der Waals surface area contributed by atoms with E-state index < -0.39 is 23.7 Å². The second kappa shape index (κ2) is 5.70. The molecule has 1 N–H and O–H groups in total. The highest BCUT2D eigenvalue weighted by Gasteiger charge is 2.36. The Morgan fingerprint density at radius 1 is 1.36 bits per heavy atom. The summed E-state index contributed by atoms with van der Waals surface area (Å²) in [4.78, 5) is 25.3. The molecule has 0 radical (unpaired) electrons. The number of fused-ring (bicyclic) bond motifs is 1. The summed E-state index contributed by atoms with van der Waals surface area (Å²) in [7, 11) is 0. The van der Waals surface area contributed by atoms with Crippen LogP contribution in [-0.2, 0) is 17.8 Å². The Kier molecular flexibility index (Phi) is 3.88. The molecule has 1 unspecified atom stereocenters. The van der Waals surface area contributed by atoms with Crippen molar-refractivity contribution in [1.82, 2.24) is 4.90 Å². The van der Waals surface area contributed by atoms with Crippen molar-refractivity contribution in [3.8, 4) is 0 Å². The Balaban J connectivity index is 2.01. The van der Waals surface area contributed by atoms with Gasteiger partial charge < -0.3 is 10.0 Å². The molecule has 114 valence electrons. The summed E-state index contributed by atoms with van der Waals surface area (Å²) >= 11 is 7.18. The van der Waals surface area contributed by atoms with Crippen LogP contribution in [0.15, 0.2) is 29.6 Å². The normalized spacial score (nSPS) is 17.2. The average molecular weight is 340 g/mol. The third-order valence-corrected chi connectivity index (χ3v) is 4.89. The standard InChI is InChI=1S/C15H11ClFNO3S/c16-13-9(4-5-22-13)14(19)18-7-8-2-1-3-11(17)10(8)6-12(18)15(20)21/h1-5,12H,6-7H2,(H,20,21). The molecular weight excluding hydrogens is 329 g/mol. The molecule has 1 aromatic carbocycles. The van der Waals surface area contributed by atoms with Crippen LogP contribution < -0.4 is 0 Å². The molecule has 0 saturated heterocycles. The molecule has 2 aromatic rings. The maximum absolute atomic E-state index is 13.9. The minimum absolute atomic E-state index is 0.0507. The lowest BCUT2D eigenvalue weighted by molar-refractivity contribution is -0.142. The van der Waals surface area contributed by atoms with Gasteiger partial charge in [0.25, 0.3) is 5.91 Å². The van der Waals surface area contributed by atoms with Crippen molar-refractivity contribution >= 4 is 34.8 Å². The molecule has 1 aliphatic rings. The van der Waals surface area contributed by atoms with Crippen LogP contribution in [0.5, 0.6) is 0 Å². The molecule has 1 atom stereocenters.